The lowest BCUT2D eigenvalue weighted by Gasteiger charge is -2.41. The lowest BCUT2D eigenvalue weighted by atomic mass is 10.1. The maximum atomic E-state index is 15.5. The molecule has 1 N–H and O–H groups in total. The van der Waals surface area contributed by atoms with E-state index in [1.165, 1.54) is 0 Å². The monoisotopic (exact) mass is 603 g/mol. The molecule has 0 saturated carbocycles. The first kappa shape index (κ1) is 32.6. The zero-order valence-corrected chi connectivity index (χ0v) is 25.1. The highest BCUT2D eigenvalue weighted by atomic mass is 32.1. The molecule has 6 nitrogen and oxygen atoms in total. The Labute approximate surface area is 242 Å². The summed E-state index contributed by atoms with van der Waals surface area (Å²) in [7, 11) is -2.96. The summed E-state index contributed by atoms with van der Waals surface area (Å²) in [5, 5.41) is 2.34. The Kier molecular flexibility index (Phi) is 12.1. The average molecular weight is 604 g/mol. The number of amides is 1. The summed E-state index contributed by atoms with van der Waals surface area (Å²) in [6.07, 6.45) is 5.51. The molecule has 2 aromatic carbocycles. The second kappa shape index (κ2) is 14.8. The smallest absolute Gasteiger partial charge is 0.348 e. The third-order valence-corrected chi connectivity index (χ3v) is 11.2. The van der Waals surface area contributed by atoms with E-state index in [4.69, 9.17) is 4.52 Å². The summed E-state index contributed by atoms with van der Waals surface area (Å²) in [5.74, 6) is -9.16. The lowest BCUT2D eigenvalue weighted by Crippen LogP contribution is -2.45. The van der Waals surface area contributed by atoms with Crippen LogP contribution < -0.4 is 9.84 Å². The number of benzene rings is 2. The van der Waals surface area contributed by atoms with Crippen molar-refractivity contribution >= 4 is 27.3 Å². The number of hydrogen-bond donors (Lipinski definition) is 1. The first-order valence-electron chi connectivity index (χ1n) is 14.0. The van der Waals surface area contributed by atoms with E-state index in [1.54, 1.807) is 30.3 Å². The van der Waals surface area contributed by atoms with Crippen LogP contribution in [0.1, 0.15) is 68.3 Å². The number of nitrogens with zero attached hydrogens (tertiary/aromatic N) is 3. The fourth-order valence-electron chi connectivity index (χ4n) is 5.47. The van der Waals surface area contributed by atoms with E-state index in [-0.39, 0.29) is 20.0 Å². The van der Waals surface area contributed by atoms with Crippen molar-refractivity contribution in [2.75, 3.05) is 39.3 Å². The molecule has 3 fully saturated rings. The molecule has 3 aliphatic heterocycles. The van der Waals surface area contributed by atoms with Crippen LogP contribution in [-0.2, 0) is 6.54 Å². The maximum absolute atomic E-state index is 15.5. The number of hydrogen-bond acceptors (Lipinski definition) is 5. The van der Waals surface area contributed by atoms with Gasteiger partial charge >= 0.3 is 7.94 Å². The van der Waals surface area contributed by atoms with Gasteiger partial charge in [-0.1, -0.05) is 44.2 Å². The highest BCUT2D eigenvalue weighted by Crippen LogP contribution is 2.70. The molecule has 222 valence electrons. The number of nitrogens with one attached hydrogen (secondary N) is 1. The minimum atomic E-state index is -2.96. The molecule has 3 saturated heterocycles. The number of rotatable bonds is 8. The molecule has 1 amide bonds. The lowest BCUT2D eigenvalue weighted by molar-refractivity contribution is 0.0939. The van der Waals surface area contributed by atoms with Gasteiger partial charge in [0.05, 0.1) is 0 Å². The molecule has 3 aliphatic rings. The van der Waals surface area contributed by atoms with Crippen molar-refractivity contribution in [3.63, 3.8) is 0 Å². The Hall–Kier alpha value is -1.91. The predicted octanol–water partition coefficient (Wildman–Crippen LogP) is 6.66. The fourth-order valence-corrected chi connectivity index (χ4v) is 9.71. The van der Waals surface area contributed by atoms with Gasteiger partial charge in [-0.2, -0.15) is 22.3 Å². The molecule has 5 rings (SSSR count). The van der Waals surface area contributed by atoms with E-state index < -0.39 is 48.4 Å². The standard InChI is InChI=1S/C26H31F4N4O2P.C2H6.H2S/c27-21-20(26(35)31-18-19-10-2-1-3-11-19)22(28)24(30)25(23(21)29)36-37(32-12-4-5-13-32,33-14-6-7-15-33)34-16-8-9-17-34;1-2;/h1-3,10-11H,4-9,12-18H2;1-2H3;1H2/p+1. The van der Waals surface area contributed by atoms with E-state index in [1.807, 2.05) is 13.8 Å². The number of carbonyl (C=O) groups excluding carboxylic acids is 1. The average Bonchev–Trinajstić information content (AvgIpc) is 3.78. The predicted molar refractivity (Wildman–Crippen MR) is 156 cm³/mol. The maximum Gasteiger partial charge on any atom is 0.417 e. The molecule has 0 aromatic heterocycles. The Morgan fingerprint density at radius 3 is 1.55 bits per heavy atom. The summed E-state index contributed by atoms with van der Waals surface area (Å²) in [5.41, 5.74) is -0.611. The van der Waals surface area contributed by atoms with Crippen LogP contribution in [0.25, 0.3) is 0 Å². The molecule has 12 heteroatoms. The van der Waals surface area contributed by atoms with Crippen molar-refractivity contribution in [2.45, 2.75) is 58.9 Å². The normalized spacial score (nSPS) is 18.2. The van der Waals surface area contributed by atoms with Gasteiger partial charge in [-0.25, -0.2) is 8.78 Å². The summed E-state index contributed by atoms with van der Waals surface area (Å²) in [6.45, 7) is 8.09. The minimum absolute atomic E-state index is 0. The summed E-state index contributed by atoms with van der Waals surface area (Å²) >= 11 is 0. The summed E-state index contributed by atoms with van der Waals surface area (Å²) in [6, 6.07) is 8.69. The van der Waals surface area contributed by atoms with Gasteiger partial charge in [0.15, 0.2) is 11.6 Å². The molecule has 0 unspecified atom stereocenters. The van der Waals surface area contributed by atoms with Crippen LogP contribution in [0.15, 0.2) is 30.3 Å². The highest BCUT2D eigenvalue weighted by molar-refractivity contribution is 7.64. The molecule has 3 heterocycles. The van der Waals surface area contributed by atoms with Gasteiger partial charge in [0.1, 0.15) is 5.56 Å². The summed E-state index contributed by atoms with van der Waals surface area (Å²) < 4.78 is 74.1. The van der Waals surface area contributed by atoms with Crippen LogP contribution in [0.2, 0.25) is 0 Å². The van der Waals surface area contributed by atoms with Crippen LogP contribution in [0.4, 0.5) is 17.6 Å². The molecular weight excluding hydrogens is 563 g/mol. The van der Waals surface area contributed by atoms with Gasteiger partial charge < -0.3 is 5.32 Å². The second-order valence-electron chi connectivity index (χ2n) is 9.72. The van der Waals surface area contributed by atoms with Crippen molar-refractivity contribution in [1.29, 1.82) is 0 Å². The van der Waals surface area contributed by atoms with Gasteiger partial charge in [-0.3, -0.25) is 9.32 Å². The van der Waals surface area contributed by atoms with E-state index in [0.717, 1.165) is 38.5 Å². The van der Waals surface area contributed by atoms with Crippen LogP contribution in [0.5, 0.6) is 5.75 Å². The van der Waals surface area contributed by atoms with Crippen LogP contribution in [0, 0.1) is 23.3 Å². The topological polar surface area (TPSA) is 48.1 Å². The van der Waals surface area contributed by atoms with Crippen molar-refractivity contribution in [1.82, 2.24) is 19.3 Å². The van der Waals surface area contributed by atoms with Crippen LogP contribution >= 0.6 is 21.4 Å². The first-order chi connectivity index (χ1) is 18.9. The van der Waals surface area contributed by atoms with Crippen molar-refractivity contribution in [2.24, 2.45) is 0 Å². The minimum Gasteiger partial charge on any atom is -0.348 e. The Morgan fingerprint density at radius 1 is 0.750 bits per heavy atom. The first-order valence-corrected chi connectivity index (χ1v) is 15.5. The van der Waals surface area contributed by atoms with Crippen LogP contribution in [-0.4, -0.2) is 59.2 Å². The molecule has 0 radical (unpaired) electrons. The van der Waals surface area contributed by atoms with E-state index in [9.17, 15) is 4.79 Å². The van der Waals surface area contributed by atoms with Gasteiger partial charge in [0.2, 0.25) is 11.6 Å². The van der Waals surface area contributed by atoms with Crippen LogP contribution in [0.3, 0.4) is 0 Å². The zero-order valence-electron chi connectivity index (χ0n) is 23.2. The molecule has 0 bridgehead atoms. The van der Waals surface area contributed by atoms with Crippen molar-refractivity contribution in [3.8, 4) is 5.75 Å². The Balaban J connectivity index is 0.00000144. The van der Waals surface area contributed by atoms with Gasteiger partial charge in [-0.15, -0.1) is 14.0 Å². The SMILES string of the molecule is CC.O=C(NCc1ccccc1)c1c(F)c(F)c(O[P+](N2CCCC2)(N2CCCC2)N2CCCC2)c(F)c1F.S. The third-order valence-electron chi connectivity index (χ3n) is 7.31. The number of carbonyl (C=O) groups is 1. The molecular formula is C28H40F4N4O2PS+. The van der Waals surface area contributed by atoms with E-state index >= 15 is 17.6 Å². The quantitative estimate of drug-likeness (QED) is 0.208. The Bertz CT molecular complexity index is 1060. The summed E-state index contributed by atoms with van der Waals surface area (Å²) in [4.78, 5) is 12.6. The second-order valence-corrected chi connectivity index (χ2v) is 12.6. The number of halogens is 4. The zero-order chi connectivity index (χ0) is 28.0. The molecule has 0 atom stereocenters. The van der Waals surface area contributed by atoms with Gasteiger partial charge in [0.25, 0.3) is 11.7 Å². The highest BCUT2D eigenvalue weighted by Gasteiger charge is 2.63. The molecule has 0 spiro atoms. The molecule has 0 aliphatic carbocycles. The largest absolute Gasteiger partial charge is 0.417 e. The van der Waals surface area contributed by atoms with E-state index in [2.05, 4.69) is 19.3 Å². The van der Waals surface area contributed by atoms with Crippen molar-refractivity contribution < 1.29 is 26.9 Å². The Morgan fingerprint density at radius 2 is 1.15 bits per heavy atom. The molecule has 40 heavy (non-hydrogen) atoms. The third kappa shape index (κ3) is 6.44. The fraction of sp³-hybridized carbons (Fsp3) is 0.536. The van der Waals surface area contributed by atoms with E-state index in [0.29, 0.717) is 44.8 Å². The van der Waals surface area contributed by atoms with Gasteiger partial charge in [0, 0.05) is 45.8 Å². The van der Waals surface area contributed by atoms with Crippen molar-refractivity contribution in [3.05, 3.63) is 64.7 Å². The van der Waals surface area contributed by atoms with Gasteiger partial charge in [-0.05, 0) is 44.1 Å². The molecule has 2 aromatic rings.